The van der Waals surface area contributed by atoms with Crippen molar-refractivity contribution >= 4 is 27.5 Å². The summed E-state index contributed by atoms with van der Waals surface area (Å²) in [7, 11) is 0. The number of hydrogen-bond donors (Lipinski definition) is 3. The molecule has 1 amide bonds. The van der Waals surface area contributed by atoms with E-state index >= 15 is 0 Å². The van der Waals surface area contributed by atoms with Crippen LogP contribution in [0.25, 0.3) is 0 Å². The van der Waals surface area contributed by atoms with Crippen LogP contribution in [0.5, 0.6) is 0 Å². The fraction of sp³-hybridized carbons (Fsp3) is 0.133. The Bertz CT molecular complexity index is 628. The molecule has 2 aromatic carbocycles. The fourth-order valence-electron chi connectivity index (χ4n) is 1.95. The summed E-state index contributed by atoms with van der Waals surface area (Å²) in [5.41, 5.74) is 14.6. The molecule has 5 N–H and O–H groups in total. The Hall–Kier alpha value is -1.85. The van der Waals surface area contributed by atoms with E-state index in [1.807, 2.05) is 36.4 Å². The molecule has 0 aliphatic carbocycles. The van der Waals surface area contributed by atoms with Crippen molar-refractivity contribution in [1.82, 2.24) is 0 Å². The van der Waals surface area contributed by atoms with Gasteiger partial charge in [0.15, 0.2) is 0 Å². The fourth-order valence-corrected chi connectivity index (χ4v) is 2.53. The van der Waals surface area contributed by atoms with Crippen molar-refractivity contribution in [2.75, 3.05) is 5.32 Å². The minimum Gasteiger partial charge on any atom is -0.381 e. The van der Waals surface area contributed by atoms with Gasteiger partial charge in [-0.25, -0.2) is 0 Å². The summed E-state index contributed by atoms with van der Waals surface area (Å²) in [6.45, 7) is 1.19. The zero-order valence-corrected chi connectivity index (χ0v) is 12.5. The summed E-state index contributed by atoms with van der Waals surface area (Å²) in [6, 6.07) is 13.4. The maximum absolute atomic E-state index is 11.2. The molecule has 0 fully saturated rings. The molecule has 0 aromatic heterocycles. The van der Waals surface area contributed by atoms with Gasteiger partial charge in [0.1, 0.15) is 0 Å². The highest BCUT2D eigenvalue weighted by Gasteiger charge is 2.07. The maximum atomic E-state index is 11.2. The van der Waals surface area contributed by atoms with E-state index in [4.69, 9.17) is 11.5 Å². The average molecular weight is 334 g/mol. The van der Waals surface area contributed by atoms with Crippen LogP contribution < -0.4 is 16.8 Å². The number of halogens is 1. The van der Waals surface area contributed by atoms with Crippen LogP contribution in [0.15, 0.2) is 46.9 Å². The first-order valence-corrected chi connectivity index (χ1v) is 7.01. The van der Waals surface area contributed by atoms with Gasteiger partial charge in [0, 0.05) is 23.2 Å². The molecule has 0 spiro atoms. The topological polar surface area (TPSA) is 81.1 Å². The highest BCUT2D eigenvalue weighted by molar-refractivity contribution is 9.10. The molecular weight excluding hydrogens is 318 g/mol. The van der Waals surface area contributed by atoms with Gasteiger partial charge in [0.05, 0.1) is 5.56 Å². The zero-order valence-electron chi connectivity index (χ0n) is 10.9. The number of nitrogens with one attached hydrogen (secondary N) is 1. The summed E-state index contributed by atoms with van der Waals surface area (Å²) < 4.78 is 0.683. The summed E-state index contributed by atoms with van der Waals surface area (Å²) in [5, 5.41) is 3.30. The number of hydrogen-bond acceptors (Lipinski definition) is 3. The lowest BCUT2D eigenvalue weighted by molar-refractivity contribution is 0.0999. The number of carbonyl (C=O) groups excluding carboxylic acids is 1. The van der Waals surface area contributed by atoms with E-state index in [0.717, 1.165) is 16.8 Å². The lowest BCUT2D eigenvalue weighted by Crippen LogP contribution is -2.12. The summed E-state index contributed by atoms with van der Waals surface area (Å²) >= 11 is 3.34. The molecule has 2 aromatic rings. The predicted octanol–water partition coefficient (Wildman–Crippen LogP) is 2.62. The highest BCUT2D eigenvalue weighted by atomic mass is 79.9. The Morgan fingerprint density at radius 1 is 1.15 bits per heavy atom. The zero-order chi connectivity index (χ0) is 14.5. The molecule has 2 rings (SSSR count). The number of amides is 1. The van der Waals surface area contributed by atoms with E-state index in [-0.39, 0.29) is 0 Å². The molecule has 0 radical (unpaired) electrons. The van der Waals surface area contributed by atoms with Gasteiger partial charge in [-0.1, -0.05) is 24.3 Å². The summed E-state index contributed by atoms with van der Waals surface area (Å²) in [4.78, 5) is 11.2. The SMILES string of the molecule is NCc1ccccc1CNc1ccc(C(N)=O)c(Br)c1. The van der Waals surface area contributed by atoms with Gasteiger partial charge in [-0.15, -0.1) is 0 Å². The number of benzene rings is 2. The standard InChI is InChI=1S/C15H16BrN3O/c16-14-7-12(5-6-13(14)15(18)20)19-9-11-4-2-1-3-10(11)8-17/h1-7,19H,8-9,17H2,(H2,18,20). The Kier molecular flexibility index (Phi) is 4.76. The number of carbonyl (C=O) groups is 1. The second-order valence-corrected chi connectivity index (χ2v) is 5.24. The Morgan fingerprint density at radius 3 is 2.45 bits per heavy atom. The molecule has 0 unspecified atom stereocenters. The van der Waals surface area contributed by atoms with Crippen molar-refractivity contribution < 1.29 is 4.79 Å². The molecule has 0 aliphatic rings. The lowest BCUT2D eigenvalue weighted by Gasteiger charge is -2.11. The molecule has 0 saturated heterocycles. The largest absolute Gasteiger partial charge is 0.381 e. The molecule has 0 heterocycles. The molecule has 0 saturated carbocycles. The van der Waals surface area contributed by atoms with Gasteiger partial charge >= 0.3 is 0 Å². The minimum absolute atomic E-state index is 0.447. The third kappa shape index (κ3) is 3.37. The van der Waals surface area contributed by atoms with E-state index in [2.05, 4.69) is 21.2 Å². The van der Waals surface area contributed by atoms with Gasteiger partial charge in [0.2, 0.25) is 5.91 Å². The van der Waals surface area contributed by atoms with E-state index in [0.29, 0.717) is 23.1 Å². The van der Waals surface area contributed by atoms with Gasteiger partial charge in [-0.2, -0.15) is 0 Å². The van der Waals surface area contributed by atoms with Gasteiger partial charge in [0.25, 0.3) is 0 Å². The Morgan fingerprint density at radius 2 is 1.85 bits per heavy atom. The highest BCUT2D eigenvalue weighted by Crippen LogP contribution is 2.22. The second-order valence-electron chi connectivity index (χ2n) is 4.39. The Balaban J connectivity index is 2.11. The van der Waals surface area contributed by atoms with Crippen LogP contribution in [0, 0.1) is 0 Å². The first-order chi connectivity index (χ1) is 9.61. The van der Waals surface area contributed by atoms with Crippen LogP contribution in [0.3, 0.4) is 0 Å². The van der Waals surface area contributed by atoms with Crippen molar-refractivity contribution in [1.29, 1.82) is 0 Å². The third-order valence-corrected chi connectivity index (χ3v) is 3.71. The molecule has 5 heteroatoms. The van der Waals surface area contributed by atoms with Crippen LogP contribution in [0.2, 0.25) is 0 Å². The van der Waals surface area contributed by atoms with E-state index in [1.54, 1.807) is 6.07 Å². The predicted molar refractivity (Wildman–Crippen MR) is 84.3 cm³/mol. The van der Waals surface area contributed by atoms with Crippen molar-refractivity contribution in [2.45, 2.75) is 13.1 Å². The van der Waals surface area contributed by atoms with E-state index in [9.17, 15) is 4.79 Å². The van der Waals surface area contributed by atoms with Crippen molar-refractivity contribution in [3.63, 3.8) is 0 Å². The smallest absolute Gasteiger partial charge is 0.249 e. The molecular formula is C15H16BrN3O. The van der Waals surface area contributed by atoms with Crippen molar-refractivity contribution in [2.24, 2.45) is 11.5 Å². The third-order valence-electron chi connectivity index (χ3n) is 3.06. The first-order valence-electron chi connectivity index (χ1n) is 6.22. The minimum atomic E-state index is -0.447. The van der Waals surface area contributed by atoms with E-state index in [1.165, 1.54) is 0 Å². The molecule has 0 atom stereocenters. The summed E-state index contributed by atoms with van der Waals surface area (Å²) in [5.74, 6) is -0.447. The number of rotatable bonds is 5. The van der Waals surface area contributed by atoms with E-state index < -0.39 is 5.91 Å². The lowest BCUT2D eigenvalue weighted by atomic mass is 10.1. The van der Waals surface area contributed by atoms with Crippen LogP contribution in [0.4, 0.5) is 5.69 Å². The average Bonchev–Trinajstić information content (AvgIpc) is 2.45. The van der Waals surface area contributed by atoms with Crippen molar-refractivity contribution in [3.8, 4) is 0 Å². The number of primary amides is 1. The molecule has 20 heavy (non-hydrogen) atoms. The van der Waals surface area contributed by atoms with Gasteiger partial charge < -0.3 is 16.8 Å². The molecule has 4 nitrogen and oxygen atoms in total. The molecule has 104 valence electrons. The van der Waals surface area contributed by atoms with Crippen LogP contribution in [-0.4, -0.2) is 5.91 Å². The van der Waals surface area contributed by atoms with Crippen LogP contribution in [0.1, 0.15) is 21.5 Å². The van der Waals surface area contributed by atoms with Crippen LogP contribution in [-0.2, 0) is 13.1 Å². The van der Waals surface area contributed by atoms with Gasteiger partial charge in [-0.05, 0) is 45.3 Å². The summed E-state index contributed by atoms with van der Waals surface area (Å²) in [6.07, 6.45) is 0. The Labute approximate surface area is 126 Å². The normalized spacial score (nSPS) is 10.3. The van der Waals surface area contributed by atoms with Crippen molar-refractivity contribution in [3.05, 3.63) is 63.6 Å². The molecule has 0 bridgehead atoms. The number of anilines is 1. The first kappa shape index (κ1) is 14.6. The quantitative estimate of drug-likeness (QED) is 0.786. The monoisotopic (exact) mass is 333 g/mol. The van der Waals surface area contributed by atoms with Crippen LogP contribution >= 0.6 is 15.9 Å². The molecule has 0 aliphatic heterocycles. The number of nitrogens with two attached hydrogens (primary N) is 2. The second kappa shape index (κ2) is 6.54. The maximum Gasteiger partial charge on any atom is 0.249 e. The van der Waals surface area contributed by atoms with Gasteiger partial charge in [-0.3, -0.25) is 4.79 Å².